The molecule has 0 saturated heterocycles. The Bertz CT molecular complexity index is 346. The third-order valence-corrected chi connectivity index (χ3v) is 2.65. The molecule has 2 nitrogen and oxygen atoms in total. The van der Waals surface area contributed by atoms with Crippen LogP contribution >= 0.6 is 11.8 Å². The number of aromatic nitrogens is 1. The van der Waals surface area contributed by atoms with Gasteiger partial charge in [-0.1, -0.05) is 51.1 Å². The second-order valence-corrected chi connectivity index (χ2v) is 3.63. The maximum absolute atomic E-state index is 4.98. The van der Waals surface area contributed by atoms with Gasteiger partial charge < -0.3 is 4.52 Å². The van der Waals surface area contributed by atoms with Gasteiger partial charge in [0.1, 0.15) is 5.76 Å². The minimum Gasteiger partial charge on any atom is -0.361 e. The largest absolute Gasteiger partial charge is 0.361 e. The van der Waals surface area contributed by atoms with Crippen LogP contribution < -0.4 is 0 Å². The van der Waals surface area contributed by atoms with Gasteiger partial charge in [0, 0.05) is 11.0 Å². The van der Waals surface area contributed by atoms with Crippen LogP contribution in [0.3, 0.4) is 0 Å². The van der Waals surface area contributed by atoms with Crippen molar-refractivity contribution in [1.82, 2.24) is 5.16 Å². The third-order valence-electron chi connectivity index (χ3n) is 1.62. The quantitative estimate of drug-likeness (QED) is 0.716. The minimum absolute atomic E-state index is 0.837. The van der Waals surface area contributed by atoms with Gasteiger partial charge in [-0.3, -0.25) is 0 Å². The van der Waals surface area contributed by atoms with Gasteiger partial charge in [-0.15, -0.1) is 11.8 Å². The zero-order valence-corrected chi connectivity index (χ0v) is 11.8. The lowest BCUT2D eigenvalue weighted by molar-refractivity contribution is 0.395. The minimum atomic E-state index is 0.837. The molecule has 1 heterocycles. The fourth-order valence-electron chi connectivity index (χ4n) is 0.988. The fraction of sp³-hybridized carbons (Fsp3) is 0.357. The summed E-state index contributed by atoms with van der Waals surface area (Å²) in [7, 11) is 0. The molecule has 3 heteroatoms. The van der Waals surface area contributed by atoms with Crippen LogP contribution in [0.1, 0.15) is 33.5 Å². The predicted molar refractivity (Wildman–Crippen MR) is 75.2 cm³/mol. The number of benzene rings is 1. The van der Waals surface area contributed by atoms with E-state index < -0.39 is 0 Å². The Hall–Kier alpha value is -1.22. The van der Waals surface area contributed by atoms with Crippen molar-refractivity contribution in [2.45, 2.75) is 38.3 Å². The van der Waals surface area contributed by atoms with Crippen LogP contribution in [0.15, 0.2) is 52.0 Å². The molecule has 0 aliphatic rings. The summed E-state index contributed by atoms with van der Waals surface area (Å²) in [6, 6.07) is 12.1. The molecule has 0 aliphatic carbocycles. The zero-order chi connectivity index (χ0) is 12.9. The van der Waals surface area contributed by atoms with Gasteiger partial charge in [0.15, 0.2) is 0 Å². The average molecular weight is 251 g/mol. The highest BCUT2D eigenvalue weighted by Gasteiger charge is 1.97. The number of hydrogen-bond donors (Lipinski definition) is 0. The van der Waals surface area contributed by atoms with Crippen molar-refractivity contribution in [3.8, 4) is 0 Å². The van der Waals surface area contributed by atoms with Crippen LogP contribution in [0.25, 0.3) is 0 Å². The summed E-state index contributed by atoms with van der Waals surface area (Å²) in [5.41, 5.74) is 0. The Kier molecular flexibility index (Phi) is 10.5. The van der Waals surface area contributed by atoms with Crippen molar-refractivity contribution >= 4 is 11.8 Å². The first-order valence-electron chi connectivity index (χ1n) is 6.02. The molecule has 0 atom stereocenters. The lowest BCUT2D eigenvalue weighted by Gasteiger charge is -1.96. The second-order valence-electron chi connectivity index (χ2n) is 2.58. The summed E-state index contributed by atoms with van der Waals surface area (Å²) in [6.45, 7) is 8.00. The van der Waals surface area contributed by atoms with Gasteiger partial charge in [-0.25, -0.2) is 0 Å². The van der Waals surface area contributed by atoms with Crippen molar-refractivity contribution in [3.05, 3.63) is 48.4 Å². The number of nitrogens with zero attached hydrogens (tertiary/aromatic N) is 1. The van der Waals surface area contributed by atoms with E-state index in [4.69, 9.17) is 4.52 Å². The molecule has 2 rings (SSSR count). The summed E-state index contributed by atoms with van der Waals surface area (Å²) < 4.78 is 4.98. The maximum Gasteiger partial charge on any atom is 0.146 e. The van der Waals surface area contributed by atoms with E-state index in [1.165, 1.54) is 4.90 Å². The van der Waals surface area contributed by atoms with E-state index in [9.17, 15) is 0 Å². The van der Waals surface area contributed by atoms with E-state index in [0.717, 1.165) is 11.5 Å². The van der Waals surface area contributed by atoms with E-state index in [-0.39, 0.29) is 0 Å². The van der Waals surface area contributed by atoms with Crippen molar-refractivity contribution in [1.29, 1.82) is 0 Å². The molecule has 0 aliphatic heterocycles. The molecule has 94 valence electrons. The van der Waals surface area contributed by atoms with Crippen molar-refractivity contribution in [2.24, 2.45) is 0 Å². The molecule has 0 amide bonds. The summed E-state index contributed by atoms with van der Waals surface area (Å²) in [6.07, 6.45) is 1.67. The Morgan fingerprint density at radius 2 is 1.65 bits per heavy atom. The monoisotopic (exact) mass is 251 g/mol. The average Bonchev–Trinajstić information content (AvgIpc) is 2.95. The van der Waals surface area contributed by atoms with Crippen molar-refractivity contribution in [3.63, 3.8) is 0 Å². The molecule has 0 saturated carbocycles. The highest BCUT2D eigenvalue weighted by molar-refractivity contribution is 7.98. The molecule has 1 aromatic carbocycles. The maximum atomic E-state index is 4.98. The fourth-order valence-corrected chi connectivity index (χ4v) is 1.80. The van der Waals surface area contributed by atoms with E-state index >= 15 is 0 Å². The Morgan fingerprint density at radius 3 is 2.18 bits per heavy atom. The summed E-state index contributed by atoms with van der Waals surface area (Å²) in [4.78, 5) is 1.25. The van der Waals surface area contributed by atoms with E-state index in [2.05, 4.69) is 17.3 Å². The number of thioether (sulfide) groups is 1. The lowest BCUT2D eigenvalue weighted by Crippen LogP contribution is -1.74. The SMILES string of the molecule is CC.CC.c1ccc(SCc2ccno2)cc1. The molecule has 1 aromatic heterocycles. The van der Waals surface area contributed by atoms with Gasteiger partial charge in [0.05, 0.1) is 11.9 Å². The van der Waals surface area contributed by atoms with Crippen LogP contribution in [0.4, 0.5) is 0 Å². The van der Waals surface area contributed by atoms with Gasteiger partial charge in [0.2, 0.25) is 0 Å². The van der Waals surface area contributed by atoms with Crippen LogP contribution in [-0.2, 0) is 5.75 Å². The van der Waals surface area contributed by atoms with Crippen LogP contribution in [0.5, 0.6) is 0 Å². The highest BCUT2D eigenvalue weighted by atomic mass is 32.2. The van der Waals surface area contributed by atoms with Crippen molar-refractivity contribution in [2.75, 3.05) is 0 Å². The summed E-state index contributed by atoms with van der Waals surface area (Å²) in [5, 5.41) is 3.65. The number of hydrogen-bond acceptors (Lipinski definition) is 3. The Morgan fingerprint density at radius 1 is 1.00 bits per heavy atom. The molecule has 0 radical (unpaired) electrons. The molecular weight excluding hydrogens is 230 g/mol. The smallest absolute Gasteiger partial charge is 0.146 e. The van der Waals surface area contributed by atoms with E-state index in [0.29, 0.717) is 0 Å². The Balaban J connectivity index is 0.000000581. The molecule has 0 fully saturated rings. The van der Waals surface area contributed by atoms with Gasteiger partial charge in [0.25, 0.3) is 0 Å². The molecule has 0 spiro atoms. The molecule has 0 N–H and O–H groups in total. The molecular formula is C14H21NOS. The first-order chi connectivity index (χ1) is 8.45. The van der Waals surface area contributed by atoms with Gasteiger partial charge in [-0.05, 0) is 12.1 Å². The predicted octanol–water partition coefficient (Wildman–Crippen LogP) is 5.02. The molecule has 2 aromatic rings. The van der Waals surface area contributed by atoms with E-state index in [1.54, 1.807) is 18.0 Å². The lowest BCUT2D eigenvalue weighted by atomic mass is 10.4. The standard InChI is InChI=1S/C10H9NOS.2C2H6/c1-2-4-10(5-3-1)13-8-9-6-7-11-12-9;2*1-2/h1-7H,8H2;2*1-2H3. The van der Waals surface area contributed by atoms with Gasteiger partial charge >= 0.3 is 0 Å². The molecule has 0 unspecified atom stereocenters. The molecule has 0 bridgehead atoms. The highest BCUT2D eigenvalue weighted by Crippen LogP contribution is 2.21. The first-order valence-corrected chi connectivity index (χ1v) is 7.01. The van der Waals surface area contributed by atoms with E-state index in [1.807, 2.05) is 52.0 Å². The van der Waals surface area contributed by atoms with Crippen molar-refractivity contribution < 1.29 is 4.52 Å². The zero-order valence-electron chi connectivity index (χ0n) is 11.0. The van der Waals surface area contributed by atoms with Crippen LogP contribution in [0.2, 0.25) is 0 Å². The summed E-state index contributed by atoms with van der Waals surface area (Å²) >= 11 is 1.74. The first kappa shape index (κ1) is 15.8. The molecule has 17 heavy (non-hydrogen) atoms. The second kappa shape index (κ2) is 11.3. The topological polar surface area (TPSA) is 26.0 Å². The Labute approximate surface area is 108 Å². The van der Waals surface area contributed by atoms with Crippen LogP contribution in [0, 0.1) is 0 Å². The van der Waals surface area contributed by atoms with Gasteiger partial charge in [-0.2, -0.15) is 0 Å². The third kappa shape index (κ3) is 6.84. The summed E-state index contributed by atoms with van der Waals surface area (Å²) in [5.74, 6) is 1.75. The number of rotatable bonds is 3. The van der Waals surface area contributed by atoms with Crippen LogP contribution in [-0.4, -0.2) is 5.16 Å². The normalized spacial score (nSPS) is 8.47.